The van der Waals surface area contributed by atoms with Gasteiger partial charge in [-0.2, -0.15) is 5.10 Å². The normalized spacial score (nSPS) is 15.3. The molecule has 1 aromatic carbocycles. The van der Waals surface area contributed by atoms with E-state index in [4.69, 9.17) is 5.10 Å². The summed E-state index contributed by atoms with van der Waals surface area (Å²) in [6, 6.07) is 12.5. The van der Waals surface area contributed by atoms with Gasteiger partial charge >= 0.3 is 0 Å². The highest BCUT2D eigenvalue weighted by atomic mass is 15.4. The smallest absolute Gasteiger partial charge is 0.151 e. The molecular formula is C19H24N6. The van der Waals surface area contributed by atoms with Crippen LogP contribution in [0.3, 0.4) is 0 Å². The fraction of sp³-hybridized carbons (Fsp3) is 0.421. The minimum absolute atomic E-state index is 0.0860. The van der Waals surface area contributed by atoms with E-state index in [0.29, 0.717) is 0 Å². The van der Waals surface area contributed by atoms with Crippen molar-refractivity contribution in [2.45, 2.75) is 45.8 Å². The lowest BCUT2D eigenvalue weighted by Gasteiger charge is -2.27. The van der Waals surface area contributed by atoms with Crippen LogP contribution in [0.4, 0.5) is 0 Å². The number of hydrogen-bond acceptors (Lipinski definition) is 4. The van der Waals surface area contributed by atoms with Gasteiger partial charge in [-0.15, -0.1) is 10.2 Å². The summed E-state index contributed by atoms with van der Waals surface area (Å²) >= 11 is 0. The summed E-state index contributed by atoms with van der Waals surface area (Å²) in [7, 11) is 0. The second-order valence-corrected chi connectivity index (χ2v) is 7.66. The Morgan fingerprint density at radius 2 is 1.88 bits per heavy atom. The Hall–Kier alpha value is -2.47. The highest BCUT2D eigenvalue weighted by molar-refractivity contribution is 5.32. The van der Waals surface area contributed by atoms with Gasteiger partial charge in [-0.3, -0.25) is 14.1 Å². The Morgan fingerprint density at radius 1 is 1.08 bits per heavy atom. The molecule has 0 fully saturated rings. The maximum atomic E-state index is 4.78. The number of rotatable bonds is 3. The molecule has 6 nitrogen and oxygen atoms in total. The van der Waals surface area contributed by atoms with Gasteiger partial charge in [0, 0.05) is 24.2 Å². The van der Waals surface area contributed by atoms with Crippen molar-refractivity contribution in [2.24, 2.45) is 0 Å². The van der Waals surface area contributed by atoms with Gasteiger partial charge in [-0.05, 0) is 18.2 Å². The van der Waals surface area contributed by atoms with Crippen LogP contribution in [-0.2, 0) is 25.0 Å². The van der Waals surface area contributed by atoms with Crippen molar-refractivity contribution in [3.05, 3.63) is 59.9 Å². The number of fused-ring (bicyclic) bond motifs is 1. The SMILES string of the molecule is CC(C)(C)c1cc2n(n1)CCN(Cc1nncn1-c1ccccc1)C2. The maximum absolute atomic E-state index is 4.78. The summed E-state index contributed by atoms with van der Waals surface area (Å²) in [5.74, 6) is 0.968. The standard InChI is InChI=1S/C19H24N6/c1-19(2,3)17-11-16-12-23(9-10-25(16)22-17)13-18-21-20-14-24(18)15-7-5-4-6-8-15/h4-8,11,14H,9-10,12-13H2,1-3H3. The van der Waals surface area contributed by atoms with Crippen LogP contribution in [0.5, 0.6) is 0 Å². The molecule has 130 valence electrons. The molecule has 1 aliphatic heterocycles. The second-order valence-electron chi connectivity index (χ2n) is 7.66. The third-order valence-corrected chi connectivity index (χ3v) is 4.66. The molecule has 4 rings (SSSR count). The largest absolute Gasteiger partial charge is 0.288 e. The highest BCUT2D eigenvalue weighted by Crippen LogP contribution is 2.24. The van der Waals surface area contributed by atoms with E-state index >= 15 is 0 Å². The summed E-state index contributed by atoms with van der Waals surface area (Å²) in [4.78, 5) is 2.41. The lowest BCUT2D eigenvalue weighted by atomic mass is 9.92. The third-order valence-electron chi connectivity index (χ3n) is 4.66. The van der Waals surface area contributed by atoms with Crippen LogP contribution in [0, 0.1) is 0 Å². The van der Waals surface area contributed by atoms with E-state index in [-0.39, 0.29) is 5.41 Å². The zero-order valence-electron chi connectivity index (χ0n) is 15.1. The van der Waals surface area contributed by atoms with Gasteiger partial charge in [0.2, 0.25) is 0 Å². The second kappa shape index (κ2) is 6.11. The molecule has 0 amide bonds. The van der Waals surface area contributed by atoms with E-state index < -0.39 is 0 Å². The number of nitrogens with zero attached hydrogens (tertiary/aromatic N) is 6. The van der Waals surface area contributed by atoms with E-state index in [1.807, 2.05) is 18.2 Å². The molecule has 0 radical (unpaired) electrons. The van der Waals surface area contributed by atoms with Gasteiger partial charge in [-0.25, -0.2) is 0 Å². The minimum Gasteiger partial charge on any atom is -0.288 e. The number of benzene rings is 1. The number of hydrogen-bond donors (Lipinski definition) is 0. The van der Waals surface area contributed by atoms with Gasteiger partial charge < -0.3 is 0 Å². The molecular weight excluding hydrogens is 312 g/mol. The molecule has 0 bridgehead atoms. The van der Waals surface area contributed by atoms with E-state index in [1.165, 1.54) is 5.69 Å². The number of para-hydroxylation sites is 1. The molecule has 6 heteroatoms. The molecule has 0 saturated heterocycles. The predicted octanol–water partition coefficient (Wildman–Crippen LogP) is 2.78. The Kier molecular flexibility index (Phi) is 3.92. The lowest BCUT2D eigenvalue weighted by Crippen LogP contribution is -2.34. The van der Waals surface area contributed by atoms with Gasteiger partial charge in [-0.1, -0.05) is 39.0 Å². The van der Waals surface area contributed by atoms with Crippen molar-refractivity contribution in [3.63, 3.8) is 0 Å². The fourth-order valence-corrected chi connectivity index (χ4v) is 3.19. The molecule has 0 N–H and O–H groups in total. The average Bonchev–Trinajstić information content (AvgIpc) is 3.21. The van der Waals surface area contributed by atoms with Crippen LogP contribution < -0.4 is 0 Å². The highest BCUT2D eigenvalue weighted by Gasteiger charge is 2.24. The molecule has 1 aliphatic rings. The molecule has 25 heavy (non-hydrogen) atoms. The Balaban J connectivity index is 1.52. The van der Waals surface area contributed by atoms with Crippen LogP contribution in [0.2, 0.25) is 0 Å². The van der Waals surface area contributed by atoms with Gasteiger partial charge in [0.25, 0.3) is 0 Å². The van der Waals surface area contributed by atoms with Crippen LogP contribution in [-0.4, -0.2) is 36.0 Å². The summed E-state index contributed by atoms with van der Waals surface area (Å²) in [6.07, 6.45) is 1.79. The molecule has 0 atom stereocenters. The van der Waals surface area contributed by atoms with Gasteiger partial charge in [0.1, 0.15) is 6.33 Å². The summed E-state index contributed by atoms with van der Waals surface area (Å²) in [5, 5.41) is 13.2. The first kappa shape index (κ1) is 16.0. The lowest BCUT2D eigenvalue weighted by molar-refractivity contribution is 0.199. The van der Waals surface area contributed by atoms with E-state index in [1.54, 1.807) is 6.33 Å². The molecule has 2 aromatic heterocycles. The molecule has 3 heterocycles. The van der Waals surface area contributed by atoms with Gasteiger partial charge in [0.15, 0.2) is 5.82 Å². The van der Waals surface area contributed by atoms with Crippen molar-refractivity contribution in [1.29, 1.82) is 0 Å². The van der Waals surface area contributed by atoms with E-state index in [2.05, 4.69) is 63.3 Å². The first-order chi connectivity index (χ1) is 12.0. The maximum Gasteiger partial charge on any atom is 0.151 e. The molecule has 3 aromatic rings. The van der Waals surface area contributed by atoms with Crippen molar-refractivity contribution in [3.8, 4) is 5.69 Å². The Bertz CT molecular complexity index is 856. The topological polar surface area (TPSA) is 51.8 Å². The van der Waals surface area contributed by atoms with Crippen molar-refractivity contribution in [2.75, 3.05) is 6.54 Å². The van der Waals surface area contributed by atoms with Crippen molar-refractivity contribution < 1.29 is 0 Å². The predicted molar refractivity (Wildman–Crippen MR) is 96.4 cm³/mol. The van der Waals surface area contributed by atoms with Crippen molar-refractivity contribution >= 4 is 0 Å². The average molecular weight is 336 g/mol. The summed E-state index contributed by atoms with van der Waals surface area (Å²) in [6.45, 7) is 10.2. The van der Waals surface area contributed by atoms with E-state index in [9.17, 15) is 0 Å². The quantitative estimate of drug-likeness (QED) is 0.738. The Labute approximate surface area is 148 Å². The van der Waals surface area contributed by atoms with Crippen LogP contribution in [0.25, 0.3) is 5.69 Å². The van der Waals surface area contributed by atoms with E-state index in [0.717, 1.165) is 43.4 Å². The monoisotopic (exact) mass is 336 g/mol. The molecule has 0 saturated carbocycles. The fourth-order valence-electron chi connectivity index (χ4n) is 3.19. The first-order valence-corrected chi connectivity index (χ1v) is 8.74. The van der Waals surface area contributed by atoms with Crippen LogP contribution >= 0.6 is 0 Å². The van der Waals surface area contributed by atoms with Crippen LogP contribution in [0.15, 0.2) is 42.7 Å². The molecule has 0 aliphatic carbocycles. The Morgan fingerprint density at radius 3 is 2.64 bits per heavy atom. The van der Waals surface area contributed by atoms with Crippen LogP contribution in [0.1, 0.15) is 38.0 Å². The minimum atomic E-state index is 0.0860. The first-order valence-electron chi connectivity index (χ1n) is 8.74. The molecule has 0 spiro atoms. The van der Waals surface area contributed by atoms with Gasteiger partial charge in [0.05, 0.1) is 24.5 Å². The summed E-state index contributed by atoms with van der Waals surface area (Å²) in [5.41, 5.74) is 3.63. The summed E-state index contributed by atoms with van der Waals surface area (Å²) < 4.78 is 4.21. The number of aromatic nitrogens is 5. The van der Waals surface area contributed by atoms with Crippen molar-refractivity contribution in [1.82, 2.24) is 29.4 Å². The zero-order chi connectivity index (χ0) is 17.4. The molecule has 0 unspecified atom stereocenters. The third kappa shape index (κ3) is 3.22. The zero-order valence-corrected chi connectivity index (χ0v) is 15.1.